The first-order chi connectivity index (χ1) is 15.5. The van der Waals surface area contributed by atoms with Gasteiger partial charge in [0.2, 0.25) is 0 Å². The number of fused-ring (bicyclic) bond motifs is 1. The molecule has 1 aromatic carbocycles. The average molecular weight is 440 g/mol. The molecule has 2 heterocycles. The zero-order valence-corrected chi connectivity index (χ0v) is 18.4. The van der Waals surface area contributed by atoms with Gasteiger partial charge in [0.25, 0.3) is 0 Å². The number of nitrogens with two attached hydrogens (primary N) is 1. The first kappa shape index (κ1) is 22.0. The standard InChI is InChI=1S/C23H29N5O4/c1-15-14-27(22(29)32-19-4-3-9-25-13-19)21-10-16(17(11-24)12-26-18-6-7-18)5-8-20(21)28(15)23(30)31-2/h3-5,8-10,13,15,17-18,26H,6-7,11-12,14,24H2,1-2H3/t15-,17?/m0/s1. The van der Waals surface area contributed by atoms with Crippen molar-refractivity contribution >= 4 is 23.6 Å². The summed E-state index contributed by atoms with van der Waals surface area (Å²) in [4.78, 5) is 32.7. The van der Waals surface area contributed by atoms with E-state index in [4.69, 9.17) is 15.2 Å². The normalized spacial score (nSPS) is 18.7. The average Bonchev–Trinajstić information content (AvgIpc) is 3.63. The second-order valence-corrected chi connectivity index (χ2v) is 8.22. The second kappa shape index (κ2) is 9.54. The molecule has 0 radical (unpaired) electrons. The lowest BCUT2D eigenvalue weighted by atomic mass is 9.96. The lowest BCUT2D eigenvalue weighted by molar-refractivity contribution is 0.175. The van der Waals surface area contributed by atoms with Gasteiger partial charge >= 0.3 is 12.2 Å². The minimum absolute atomic E-state index is 0.0861. The smallest absolute Gasteiger partial charge is 0.419 e. The van der Waals surface area contributed by atoms with E-state index in [1.165, 1.54) is 26.1 Å². The van der Waals surface area contributed by atoms with Gasteiger partial charge in [-0.2, -0.15) is 0 Å². The molecular weight excluding hydrogens is 410 g/mol. The number of aromatic nitrogens is 1. The minimum atomic E-state index is -0.534. The van der Waals surface area contributed by atoms with Crippen molar-refractivity contribution < 1.29 is 19.1 Å². The van der Waals surface area contributed by atoms with Gasteiger partial charge in [-0.15, -0.1) is 0 Å². The molecule has 2 aliphatic rings. The van der Waals surface area contributed by atoms with E-state index in [-0.39, 0.29) is 18.5 Å². The third kappa shape index (κ3) is 4.68. The zero-order chi connectivity index (χ0) is 22.7. The summed E-state index contributed by atoms with van der Waals surface area (Å²) in [7, 11) is 1.35. The summed E-state index contributed by atoms with van der Waals surface area (Å²) in [5.74, 6) is 0.440. The maximum absolute atomic E-state index is 13.1. The fraction of sp³-hybridized carbons (Fsp3) is 0.435. The molecule has 3 N–H and O–H groups in total. The van der Waals surface area contributed by atoms with E-state index in [9.17, 15) is 9.59 Å². The van der Waals surface area contributed by atoms with Gasteiger partial charge in [0.1, 0.15) is 0 Å². The van der Waals surface area contributed by atoms with Crippen LogP contribution in [0.1, 0.15) is 31.2 Å². The molecule has 2 aromatic rings. The Morgan fingerprint density at radius 2 is 2.06 bits per heavy atom. The van der Waals surface area contributed by atoms with E-state index >= 15 is 0 Å². The number of benzene rings is 1. The predicted molar refractivity (Wildman–Crippen MR) is 121 cm³/mol. The Hall–Kier alpha value is -3.17. The van der Waals surface area contributed by atoms with Crippen LogP contribution in [0.4, 0.5) is 21.0 Å². The molecule has 1 saturated carbocycles. The number of nitrogens with one attached hydrogen (secondary N) is 1. The van der Waals surface area contributed by atoms with E-state index in [0.717, 1.165) is 12.1 Å². The van der Waals surface area contributed by atoms with Crippen LogP contribution in [0.3, 0.4) is 0 Å². The number of carbonyl (C=O) groups excluding carboxylic acids is 2. The lowest BCUT2D eigenvalue weighted by Gasteiger charge is -2.40. The quantitative estimate of drug-likeness (QED) is 0.712. The SMILES string of the molecule is COC(=O)N1c2ccc(C(CN)CNC3CC3)cc2N(C(=O)Oc2cccnc2)C[C@@H]1C. The van der Waals surface area contributed by atoms with Crippen LogP contribution >= 0.6 is 0 Å². The molecule has 0 bridgehead atoms. The van der Waals surface area contributed by atoms with Gasteiger partial charge in [0.15, 0.2) is 5.75 Å². The van der Waals surface area contributed by atoms with E-state index in [1.807, 2.05) is 25.1 Å². The minimum Gasteiger partial charge on any atom is -0.452 e. The third-order valence-corrected chi connectivity index (χ3v) is 5.85. The number of hydrogen-bond acceptors (Lipinski definition) is 7. The summed E-state index contributed by atoms with van der Waals surface area (Å²) in [6, 6.07) is 9.38. The van der Waals surface area contributed by atoms with Gasteiger partial charge in [-0.05, 0) is 49.6 Å². The molecule has 4 rings (SSSR count). The molecule has 1 fully saturated rings. The van der Waals surface area contributed by atoms with Gasteiger partial charge < -0.3 is 20.5 Å². The Kier molecular flexibility index (Phi) is 6.57. The number of hydrogen-bond donors (Lipinski definition) is 2. The number of anilines is 2. The Labute approximate surface area is 187 Å². The number of pyridine rings is 1. The Morgan fingerprint density at radius 3 is 2.72 bits per heavy atom. The fourth-order valence-corrected chi connectivity index (χ4v) is 3.94. The number of methoxy groups -OCH3 is 1. The van der Waals surface area contributed by atoms with Gasteiger partial charge in [-0.3, -0.25) is 14.8 Å². The van der Waals surface area contributed by atoms with Crippen LogP contribution in [0.15, 0.2) is 42.7 Å². The van der Waals surface area contributed by atoms with Crippen molar-refractivity contribution in [1.29, 1.82) is 0 Å². The molecule has 0 saturated heterocycles. The van der Waals surface area contributed by atoms with Gasteiger partial charge in [0, 0.05) is 31.2 Å². The van der Waals surface area contributed by atoms with Crippen LogP contribution < -0.4 is 25.6 Å². The van der Waals surface area contributed by atoms with Crippen LogP contribution in [-0.4, -0.2) is 56.0 Å². The van der Waals surface area contributed by atoms with Crippen LogP contribution in [0, 0.1) is 0 Å². The Bertz CT molecular complexity index is 966. The van der Waals surface area contributed by atoms with Crippen LogP contribution in [0.25, 0.3) is 0 Å². The van der Waals surface area contributed by atoms with Gasteiger partial charge in [-0.25, -0.2) is 9.59 Å². The maximum Gasteiger partial charge on any atom is 0.419 e. The molecule has 2 atom stereocenters. The van der Waals surface area contributed by atoms with Crippen LogP contribution in [-0.2, 0) is 4.74 Å². The molecule has 1 aliphatic carbocycles. The summed E-state index contributed by atoms with van der Waals surface area (Å²) in [5.41, 5.74) is 8.24. The van der Waals surface area contributed by atoms with Crippen molar-refractivity contribution in [2.75, 3.05) is 36.5 Å². The summed E-state index contributed by atoms with van der Waals surface area (Å²) >= 11 is 0. The second-order valence-electron chi connectivity index (χ2n) is 8.22. The topological polar surface area (TPSA) is 110 Å². The molecule has 1 aromatic heterocycles. The highest BCUT2D eigenvalue weighted by atomic mass is 16.6. The van der Waals surface area contributed by atoms with Crippen molar-refractivity contribution in [3.05, 3.63) is 48.3 Å². The van der Waals surface area contributed by atoms with Crippen molar-refractivity contribution in [2.45, 2.75) is 37.8 Å². The molecular formula is C23H29N5O4. The fourth-order valence-electron chi connectivity index (χ4n) is 3.94. The molecule has 1 aliphatic heterocycles. The monoisotopic (exact) mass is 439 g/mol. The molecule has 170 valence electrons. The van der Waals surface area contributed by atoms with Gasteiger partial charge in [-0.1, -0.05) is 6.07 Å². The number of ether oxygens (including phenoxy) is 2. The summed E-state index contributed by atoms with van der Waals surface area (Å²) in [5, 5.41) is 3.52. The van der Waals surface area contributed by atoms with Crippen molar-refractivity contribution in [2.24, 2.45) is 5.73 Å². The highest BCUT2D eigenvalue weighted by Crippen LogP contribution is 2.38. The molecule has 9 nitrogen and oxygen atoms in total. The first-order valence-corrected chi connectivity index (χ1v) is 10.9. The summed E-state index contributed by atoms with van der Waals surface area (Å²) in [6.07, 6.45) is 4.48. The molecule has 9 heteroatoms. The Morgan fingerprint density at radius 1 is 1.25 bits per heavy atom. The number of nitrogens with zero attached hydrogens (tertiary/aromatic N) is 3. The van der Waals surface area contributed by atoms with Crippen LogP contribution in [0.2, 0.25) is 0 Å². The molecule has 2 amide bonds. The lowest BCUT2D eigenvalue weighted by Crippen LogP contribution is -2.52. The van der Waals surface area contributed by atoms with E-state index in [0.29, 0.717) is 29.7 Å². The zero-order valence-electron chi connectivity index (χ0n) is 18.4. The third-order valence-electron chi connectivity index (χ3n) is 5.85. The Balaban J connectivity index is 1.67. The molecule has 32 heavy (non-hydrogen) atoms. The first-order valence-electron chi connectivity index (χ1n) is 10.9. The highest BCUT2D eigenvalue weighted by Gasteiger charge is 2.37. The van der Waals surface area contributed by atoms with Crippen molar-refractivity contribution in [1.82, 2.24) is 10.3 Å². The summed E-state index contributed by atoms with van der Waals surface area (Å²) < 4.78 is 10.5. The summed E-state index contributed by atoms with van der Waals surface area (Å²) in [6.45, 7) is 3.35. The largest absolute Gasteiger partial charge is 0.452 e. The number of amides is 2. The van der Waals surface area contributed by atoms with Crippen LogP contribution in [0.5, 0.6) is 5.75 Å². The highest BCUT2D eigenvalue weighted by molar-refractivity contribution is 6.01. The maximum atomic E-state index is 13.1. The number of carbonyl (C=O) groups is 2. The molecule has 1 unspecified atom stereocenters. The van der Waals surface area contributed by atoms with Crippen molar-refractivity contribution in [3.63, 3.8) is 0 Å². The molecule has 0 spiro atoms. The number of rotatable bonds is 6. The predicted octanol–water partition coefficient (Wildman–Crippen LogP) is 2.86. The van der Waals surface area contributed by atoms with E-state index in [1.54, 1.807) is 28.1 Å². The van der Waals surface area contributed by atoms with Gasteiger partial charge in [0.05, 0.1) is 37.3 Å². The van der Waals surface area contributed by atoms with Crippen molar-refractivity contribution in [3.8, 4) is 5.75 Å². The van der Waals surface area contributed by atoms with E-state index in [2.05, 4.69) is 10.3 Å². The van der Waals surface area contributed by atoms with E-state index < -0.39 is 12.2 Å².